The van der Waals surface area contributed by atoms with Crippen molar-refractivity contribution >= 4 is 28.8 Å². The van der Waals surface area contributed by atoms with Crippen molar-refractivity contribution in [2.24, 2.45) is 0 Å². The Morgan fingerprint density at radius 2 is 2.10 bits per heavy atom. The average Bonchev–Trinajstić information content (AvgIpc) is 3.38. The number of methoxy groups -OCH3 is 1. The molecule has 4 rings (SSSR count). The summed E-state index contributed by atoms with van der Waals surface area (Å²) in [7, 11) is 1.59. The van der Waals surface area contributed by atoms with Gasteiger partial charge in [-0.2, -0.15) is 0 Å². The largest absolute Gasteiger partial charge is 0.453 e. The van der Waals surface area contributed by atoms with Crippen LogP contribution in [0.3, 0.4) is 0 Å². The van der Waals surface area contributed by atoms with Crippen molar-refractivity contribution in [1.82, 2.24) is 10.2 Å². The van der Waals surface area contributed by atoms with Crippen molar-refractivity contribution in [3.63, 3.8) is 0 Å². The average molecular weight is 431 g/mol. The Balaban J connectivity index is 1.49. The molecule has 5 nitrogen and oxygen atoms in total. The van der Waals surface area contributed by atoms with E-state index in [0.717, 1.165) is 25.1 Å². The number of nitrogens with zero attached hydrogens (tertiary/aromatic N) is 1. The van der Waals surface area contributed by atoms with Gasteiger partial charge < -0.3 is 14.5 Å². The fourth-order valence-corrected chi connectivity index (χ4v) is 4.69. The molecule has 0 radical (unpaired) electrons. The van der Waals surface area contributed by atoms with Crippen molar-refractivity contribution in [2.45, 2.75) is 25.6 Å². The molecule has 0 bridgehead atoms. The van der Waals surface area contributed by atoms with Crippen LogP contribution in [0.2, 0.25) is 5.02 Å². The van der Waals surface area contributed by atoms with E-state index in [2.05, 4.69) is 21.7 Å². The summed E-state index contributed by atoms with van der Waals surface area (Å²) in [5.41, 5.74) is 2.51. The van der Waals surface area contributed by atoms with Gasteiger partial charge in [0.05, 0.1) is 6.04 Å². The zero-order valence-corrected chi connectivity index (χ0v) is 17.8. The normalized spacial score (nSPS) is 15.1. The van der Waals surface area contributed by atoms with Crippen molar-refractivity contribution in [3.05, 3.63) is 80.4 Å². The van der Waals surface area contributed by atoms with Crippen molar-refractivity contribution < 1.29 is 13.9 Å². The van der Waals surface area contributed by atoms with Gasteiger partial charge in [0.15, 0.2) is 5.76 Å². The number of benzene rings is 1. The molecule has 152 valence electrons. The Bertz CT molecular complexity index is 967. The van der Waals surface area contributed by atoms with Crippen LogP contribution in [0, 0.1) is 0 Å². The lowest BCUT2D eigenvalue weighted by Crippen LogP contribution is -2.40. The predicted octanol–water partition coefficient (Wildman–Crippen LogP) is 4.67. The van der Waals surface area contributed by atoms with E-state index in [9.17, 15) is 4.79 Å². The predicted molar refractivity (Wildman–Crippen MR) is 114 cm³/mol. The molecule has 1 amide bonds. The second-order valence-corrected chi connectivity index (χ2v) is 8.50. The maximum absolute atomic E-state index is 12.6. The molecular formula is C22H23ClN2O3S. The van der Waals surface area contributed by atoms with Gasteiger partial charge in [0.1, 0.15) is 12.4 Å². The molecule has 1 atom stereocenters. The van der Waals surface area contributed by atoms with E-state index in [4.69, 9.17) is 20.8 Å². The minimum atomic E-state index is -0.223. The number of hydrogen-bond donors (Lipinski definition) is 1. The second-order valence-electron chi connectivity index (χ2n) is 7.07. The lowest BCUT2D eigenvalue weighted by atomic mass is 10.0. The Morgan fingerprint density at radius 3 is 2.90 bits per heavy atom. The summed E-state index contributed by atoms with van der Waals surface area (Å²) >= 11 is 7.91. The van der Waals surface area contributed by atoms with Crippen LogP contribution in [-0.4, -0.2) is 31.0 Å². The van der Waals surface area contributed by atoms with Crippen LogP contribution < -0.4 is 5.32 Å². The lowest BCUT2D eigenvalue weighted by Gasteiger charge is -2.35. The lowest BCUT2D eigenvalue weighted by molar-refractivity contribution is 0.0892. The molecule has 29 heavy (non-hydrogen) atoms. The van der Waals surface area contributed by atoms with Crippen molar-refractivity contribution in [3.8, 4) is 0 Å². The van der Waals surface area contributed by atoms with Crippen LogP contribution >= 0.6 is 22.9 Å². The Hall–Kier alpha value is -2.12. The van der Waals surface area contributed by atoms with Crippen molar-refractivity contribution in [1.29, 1.82) is 0 Å². The first-order chi connectivity index (χ1) is 14.1. The van der Waals surface area contributed by atoms with E-state index in [1.165, 1.54) is 10.4 Å². The third-order valence-corrected chi connectivity index (χ3v) is 6.44. The minimum absolute atomic E-state index is 0.0534. The SMILES string of the molecule is COCc1ccc(C(=O)NCC(c2ccc(Cl)cc2)N2CCc3sccc3C2)o1. The van der Waals surface area contributed by atoms with Gasteiger partial charge in [-0.3, -0.25) is 9.69 Å². The molecule has 0 fully saturated rings. The highest BCUT2D eigenvalue weighted by Crippen LogP contribution is 2.30. The van der Waals surface area contributed by atoms with Gasteiger partial charge in [-0.05, 0) is 53.3 Å². The van der Waals surface area contributed by atoms with Crippen LogP contribution in [0.15, 0.2) is 52.3 Å². The highest BCUT2D eigenvalue weighted by Gasteiger charge is 2.26. The fourth-order valence-electron chi connectivity index (χ4n) is 3.68. The molecule has 3 heterocycles. The Labute approximate surface area is 179 Å². The zero-order valence-electron chi connectivity index (χ0n) is 16.2. The van der Waals surface area contributed by atoms with Crippen LogP contribution in [0.1, 0.15) is 38.4 Å². The minimum Gasteiger partial charge on any atom is -0.453 e. The molecule has 1 aliphatic heterocycles. The van der Waals surface area contributed by atoms with Crippen LogP contribution in [0.5, 0.6) is 0 Å². The first kappa shape index (κ1) is 20.2. The molecule has 0 aliphatic carbocycles. The number of carbonyl (C=O) groups is 1. The van der Waals surface area contributed by atoms with Gasteiger partial charge in [-0.1, -0.05) is 23.7 Å². The molecule has 1 N–H and O–H groups in total. The highest BCUT2D eigenvalue weighted by molar-refractivity contribution is 7.10. The van der Waals surface area contributed by atoms with Gasteiger partial charge in [0.25, 0.3) is 5.91 Å². The van der Waals surface area contributed by atoms with Gasteiger partial charge in [-0.25, -0.2) is 0 Å². The van der Waals surface area contributed by atoms with E-state index in [1.807, 2.05) is 35.6 Å². The summed E-state index contributed by atoms with van der Waals surface area (Å²) in [6.07, 6.45) is 1.03. The van der Waals surface area contributed by atoms with Gasteiger partial charge >= 0.3 is 0 Å². The van der Waals surface area contributed by atoms with Gasteiger partial charge in [0, 0.05) is 36.6 Å². The number of fused-ring (bicyclic) bond motifs is 1. The van der Waals surface area contributed by atoms with Gasteiger partial charge in [-0.15, -0.1) is 11.3 Å². The number of furan rings is 1. The first-order valence-corrected chi connectivity index (χ1v) is 10.8. The van der Waals surface area contributed by atoms with E-state index in [1.54, 1.807) is 19.2 Å². The fraction of sp³-hybridized carbons (Fsp3) is 0.318. The maximum Gasteiger partial charge on any atom is 0.287 e. The number of carbonyl (C=O) groups excluding carboxylic acids is 1. The quantitative estimate of drug-likeness (QED) is 0.591. The molecule has 0 saturated heterocycles. The number of amides is 1. The van der Waals surface area contributed by atoms with E-state index < -0.39 is 0 Å². The standard InChI is InChI=1S/C22H23ClN2O3S/c1-27-14-18-6-7-20(28-18)22(26)24-12-19(15-2-4-17(23)5-3-15)25-10-8-21-16(13-25)9-11-29-21/h2-7,9,11,19H,8,10,12-14H2,1H3,(H,24,26). The molecule has 0 saturated carbocycles. The molecule has 1 aliphatic rings. The molecule has 1 aromatic carbocycles. The summed E-state index contributed by atoms with van der Waals surface area (Å²) in [6, 6.07) is 13.6. The van der Waals surface area contributed by atoms with Crippen LogP contribution in [0.25, 0.3) is 0 Å². The van der Waals surface area contributed by atoms with Crippen LogP contribution in [-0.2, 0) is 24.3 Å². The maximum atomic E-state index is 12.6. The van der Waals surface area contributed by atoms with E-state index in [0.29, 0.717) is 29.7 Å². The molecule has 0 spiro atoms. The monoisotopic (exact) mass is 430 g/mol. The van der Waals surface area contributed by atoms with E-state index in [-0.39, 0.29) is 11.9 Å². The molecule has 3 aromatic rings. The number of halogens is 1. The zero-order chi connectivity index (χ0) is 20.2. The first-order valence-electron chi connectivity index (χ1n) is 9.54. The number of hydrogen-bond acceptors (Lipinski definition) is 5. The number of nitrogens with one attached hydrogen (secondary N) is 1. The summed E-state index contributed by atoms with van der Waals surface area (Å²) in [4.78, 5) is 16.5. The van der Waals surface area contributed by atoms with Crippen molar-refractivity contribution in [2.75, 3.05) is 20.2 Å². The third kappa shape index (κ3) is 4.73. The highest BCUT2D eigenvalue weighted by atomic mass is 35.5. The molecule has 7 heteroatoms. The topological polar surface area (TPSA) is 54.7 Å². The molecule has 2 aromatic heterocycles. The summed E-state index contributed by atoms with van der Waals surface area (Å²) < 4.78 is 10.6. The van der Waals surface area contributed by atoms with Crippen LogP contribution in [0.4, 0.5) is 0 Å². The number of thiophene rings is 1. The third-order valence-electron chi connectivity index (χ3n) is 5.16. The number of ether oxygens (including phenoxy) is 1. The van der Waals surface area contributed by atoms with Gasteiger partial charge in [0.2, 0.25) is 0 Å². The summed E-state index contributed by atoms with van der Waals surface area (Å²) in [5.74, 6) is 0.707. The molecule has 1 unspecified atom stereocenters. The summed E-state index contributed by atoms with van der Waals surface area (Å²) in [5, 5.41) is 5.90. The smallest absolute Gasteiger partial charge is 0.287 e. The Kier molecular flexibility index (Phi) is 6.35. The number of rotatable bonds is 7. The summed E-state index contributed by atoms with van der Waals surface area (Å²) in [6.45, 7) is 2.66. The Morgan fingerprint density at radius 1 is 1.28 bits per heavy atom. The second kappa shape index (κ2) is 9.13. The van der Waals surface area contributed by atoms with E-state index >= 15 is 0 Å². The molecular weight excluding hydrogens is 408 g/mol.